The molecule has 1 aromatic heterocycles. The van der Waals surface area contributed by atoms with Crippen molar-refractivity contribution in [3.05, 3.63) is 23.9 Å². The highest BCUT2D eigenvalue weighted by Gasteiger charge is 2.14. The molecular weight excluding hydrogens is 176 g/mol. The molecule has 0 aliphatic heterocycles. The van der Waals surface area contributed by atoms with E-state index in [1.165, 1.54) is 0 Å². The van der Waals surface area contributed by atoms with Crippen molar-refractivity contribution in [3.63, 3.8) is 0 Å². The summed E-state index contributed by atoms with van der Waals surface area (Å²) in [6.07, 6.45) is 0. The van der Waals surface area contributed by atoms with Crippen LogP contribution in [0.1, 0.15) is 25.5 Å². The summed E-state index contributed by atoms with van der Waals surface area (Å²) in [5, 5.41) is 15.0. The number of benzene rings is 1. The molecule has 0 fully saturated rings. The van der Waals surface area contributed by atoms with E-state index in [0.29, 0.717) is 11.7 Å². The molecule has 2 rings (SSSR count). The lowest BCUT2D eigenvalue weighted by Gasteiger charge is -2.06. The number of fused-ring (bicyclic) bond motifs is 1. The zero-order valence-corrected chi connectivity index (χ0v) is 8.65. The molecule has 0 radical (unpaired) electrons. The van der Waals surface area contributed by atoms with Crippen molar-refractivity contribution in [1.29, 1.82) is 0 Å². The van der Waals surface area contributed by atoms with E-state index in [9.17, 15) is 5.11 Å². The largest absolute Gasteiger partial charge is 0.507 e. The van der Waals surface area contributed by atoms with E-state index in [0.717, 1.165) is 16.6 Å². The van der Waals surface area contributed by atoms with E-state index in [2.05, 4.69) is 18.9 Å². The highest BCUT2D eigenvalue weighted by Crippen LogP contribution is 2.31. The van der Waals surface area contributed by atoms with Crippen LogP contribution in [0.15, 0.2) is 18.2 Å². The van der Waals surface area contributed by atoms with Crippen molar-refractivity contribution in [1.82, 2.24) is 9.78 Å². The molecule has 3 heteroatoms. The lowest BCUT2D eigenvalue weighted by Crippen LogP contribution is -1.99. The molecule has 1 N–H and O–H groups in total. The van der Waals surface area contributed by atoms with Gasteiger partial charge in [-0.15, -0.1) is 0 Å². The fraction of sp³-hybridized carbons (Fsp3) is 0.364. The molecule has 3 nitrogen and oxygen atoms in total. The number of aryl methyl sites for hydroxylation is 1. The van der Waals surface area contributed by atoms with Gasteiger partial charge in [0.15, 0.2) is 0 Å². The molecule has 0 aliphatic carbocycles. The fourth-order valence-electron chi connectivity index (χ4n) is 1.91. The Morgan fingerprint density at radius 2 is 2.07 bits per heavy atom. The fourth-order valence-corrected chi connectivity index (χ4v) is 1.91. The Labute approximate surface area is 83.0 Å². The first-order chi connectivity index (χ1) is 6.61. The van der Waals surface area contributed by atoms with Crippen molar-refractivity contribution in [3.8, 4) is 5.75 Å². The number of hydrogen-bond acceptors (Lipinski definition) is 2. The van der Waals surface area contributed by atoms with Gasteiger partial charge in [-0.25, -0.2) is 0 Å². The number of phenols is 1. The van der Waals surface area contributed by atoms with E-state index in [4.69, 9.17) is 0 Å². The summed E-state index contributed by atoms with van der Waals surface area (Å²) >= 11 is 0. The second-order valence-corrected chi connectivity index (χ2v) is 3.83. The summed E-state index contributed by atoms with van der Waals surface area (Å²) in [4.78, 5) is 0. The van der Waals surface area contributed by atoms with Gasteiger partial charge >= 0.3 is 0 Å². The molecule has 0 spiro atoms. The van der Waals surface area contributed by atoms with Gasteiger partial charge in [0, 0.05) is 7.05 Å². The zero-order chi connectivity index (χ0) is 10.3. The molecule has 0 unspecified atom stereocenters. The minimum absolute atomic E-state index is 0.319. The number of nitrogens with zero attached hydrogens (tertiary/aromatic N) is 2. The average Bonchev–Trinajstić information content (AvgIpc) is 2.42. The average molecular weight is 190 g/mol. The predicted molar refractivity (Wildman–Crippen MR) is 56.5 cm³/mol. The van der Waals surface area contributed by atoms with Crippen LogP contribution in [0.25, 0.3) is 10.9 Å². The lowest BCUT2D eigenvalue weighted by molar-refractivity contribution is 0.480. The van der Waals surface area contributed by atoms with Crippen LogP contribution in [-0.4, -0.2) is 14.9 Å². The van der Waals surface area contributed by atoms with Gasteiger partial charge in [0.1, 0.15) is 5.75 Å². The maximum atomic E-state index is 9.76. The highest BCUT2D eigenvalue weighted by atomic mass is 16.3. The Balaban J connectivity index is 2.86. The van der Waals surface area contributed by atoms with Crippen LogP contribution in [0.5, 0.6) is 5.75 Å². The molecule has 0 saturated carbocycles. The van der Waals surface area contributed by atoms with Crippen LogP contribution in [0.2, 0.25) is 0 Å². The molecule has 0 aliphatic rings. The summed E-state index contributed by atoms with van der Waals surface area (Å²) in [6, 6.07) is 5.44. The maximum absolute atomic E-state index is 9.76. The predicted octanol–water partition coefficient (Wildman–Crippen LogP) is 2.40. The number of phenolic OH excluding ortho intramolecular Hbond substituents is 1. The molecule has 74 valence electrons. The third-order valence-electron chi connectivity index (χ3n) is 2.43. The van der Waals surface area contributed by atoms with E-state index in [-0.39, 0.29) is 0 Å². The Kier molecular flexibility index (Phi) is 1.95. The Morgan fingerprint density at radius 1 is 1.36 bits per heavy atom. The summed E-state index contributed by atoms with van der Waals surface area (Å²) in [7, 11) is 1.91. The van der Waals surface area contributed by atoms with E-state index in [1.54, 1.807) is 6.07 Å². The lowest BCUT2D eigenvalue weighted by atomic mass is 10.1. The van der Waals surface area contributed by atoms with Gasteiger partial charge < -0.3 is 5.11 Å². The zero-order valence-electron chi connectivity index (χ0n) is 8.65. The van der Waals surface area contributed by atoms with Crippen LogP contribution in [0, 0.1) is 0 Å². The van der Waals surface area contributed by atoms with Crippen LogP contribution < -0.4 is 0 Å². The van der Waals surface area contributed by atoms with Crippen LogP contribution in [0.3, 0.4) is 0 Å². The number of aromatic nitrogens is 2. The smallest absolute Gasteiger partial charge is 0.126 e. The molecule has 14 heavy (non-hydrogen) atoms. The van der Waals surface area contributed by atoms with Gasteiger partial charge in [0.2, 0.25) is 0 Å². The molecule has 0 atom stereocenters. The molecule has 1 heterocycles. The van der Waals surface area contributed by atoms with Crippen molar-refractivity contribution in [2.45, 2.75) is 19.8 Å². The van der Waals surface area contributed by atoms with Gasteiger partial charge in [-0.3, -0.25) is 4.68 Å². The summed E-state index contributed by atoms with van der Waals surface area (Å²) in [6.45, 7) is 4.20. The minimum Gasteiger partial charge on any atom is -0.507 e. The summed E-state index contributed by atoms with van der Waals surface area (Å²) in [5.41, 5.74) is 1.94. The molecule has 2 aromatic rings. The molecule has 0 bridgehead atoms. The topological polar surface area (TPSA) is 38.1 Å². The summed E-state index contributed by atoms with van der Waals surface area (Å²) < 4.78 is 1.84. The highest BCUT2D eigenvalue weighted by molar-refractivity contribution is 5.88. The molecule has 0 saturated heterocycles. The van der Waals surface area contributed by atoms with Crippen molar-refractivity contribution in [2.75, 3.05) is 0 Å². The van der Waals surface area contributed by atoms with Crippen molar-refractivity contribution >= 4 is 10.9 Å². The number of rotatable bonds is 1. The van der Waals surface area contributed by atoms with E-state index >= 15 is 0 Å². The minimum atomic E-state index is 0.319. The number of aromatic hydroxyl groups is 1. The first kappa shape index (κ1) is 9.06. The Morgan fingerprint density at radius 3 is 2.71 bits per heavy atom. The SMILES string of the molecule is CC(C)c1c2c(O)cccc2nn1C. The van der Waals surface area contributed by atoms with Gasteiger partial charge in [0.05, 0.1) is 16.6 Å². The first-order valence-electron chi connectivity index (χ1n) is 4.76. The van der Waals surface area contributed by atoms with Crippen molar-refractivity contribution in [2.24, 2.45) is 7.05 Å². The normalized spacial score (nSPS) is 11.4. The molecule has 1 aromatic carbocycles. The number of hydrogen-bond donors (Lipinski definition) is 1. The van der Waals surface area contributed by atoms with E-state index < -0.39 is 0 Å². The van der Waals surface area contributed by atoms with Crippen molar-refractivity contribution < 1.29 is 5.11 Å². The van der Waals surface area contributed by atoms with Gasteiger partial charge in [-0.2, -0.15) is 5.10 Å². The Bertz CT molecular complexity index is 471. The summed E-state index contributed by atoms with van der Waals surface area (Å²) in [5.74, 6) is 0.678. The van der Waals surface area contributed by atoms with Gasteiger partial charge in [0.25, 0.3) is 0 Å². The van der Waals surface area contributed by atoms with E-state index in [1.807, 2.05) is 23.9 Å². The van der Waals surface area contributed by atoms with Crippen LogP contribution >= 0.6 is 0 Å². The second-order valence-electron chi connectivity index (χ2n) is 3.83. The monoisotopic (exact) mass is 190 g/mol. The van der Waals surface area contributed by atoms with Gasteiger partial charge in [-0.1, -0.05) is 19.9 Å². The Hall–Kier alpha value is -1.51. The molecular formula is C11H14N2O. The van der Waals surface area contributed by atoms with Gasteiger partial charge in [-0.05, 0) is 18.1 Å². The first-order valence-corrected chi connectivity index (χ1v) is 4.76. The quantitative estimate of drug-likeness (QED) is 0.749. The standard InChI is InChI=1S/C11H14N2O/c1-7(2)11-10-8(12-13(11)3)5-4-6-9(10)14/h4-7,14H,1-3H3. The van der Waals surface area contributed by atoms with Crippen LogP contribution in [-0.2, 0) is 7.05 Å². The third-order valence-corrected chi connectivity index (χ3v) is 2.43. The van der Waals surface area contributed by atoms with Crippen LogP contribution in [0.4, 0.5) is 0 Å². The molecule has 0 amide bonds. The third kappa shape index (κ3) is 1.16. The maximum Gasteiger partial charge on any atom is 0.126 e. The second kappa shape index (κ2) is 3.01.